The molecule has 0 atom stereocenters. The zero-order valence-corrected chi connectivity index (χ0v) is 7.75. The lowest BCUT2D eigenvalue weighted by Crippen LogP contribution is -1.95. The standard InChI is InChI=1S/C10H7N5/c11-10-14-5-6-1-2-7-9(8(6)15-10)13-4-3-12-7/h1-5H,(H2,11,14,15). The van der Waals surface area contributed by atoms with Crippen LogP contribution in [-0.2, 0) is 0 Å². The number of fused-ring (bicyclic) bond motifs is 3. The van der Waals surface area contributed by atoms with Gasteiger partial charge in [0.05, 0.1) is 5.52 Å². The lowest BCUT2D eigenvalue weighted by molar-refractivity contribution is 1.23. The number of rotatable bonds is 0. The van der Waals surface area contributed by atoms with Gasteiger partial charge in [0, 0.05) is 24.0 Å². The van der Waals surface area contributed by atoms with E-state index in [9.17, 15) is 0 Å². The van der Waals surface area contributed by atoms with E-state index >= 15 is 0 Å². The van der Waals surface area contributed by atoms with Gasteiger partial charge in [-0.2, -0.15) is 0 Å². The summed E-state index contributed by atoms with van der Waals surface area (Å²) in [6.07, 6.45) is 4.98. The fourth-order valence-electron chi connectivity index (χ4n) is 1.54. The molecule has 5 nitrogen and oxygen atoms in total. The second-order valence-electron chi connectivity index (χ2n) is 3.16. The van der Waals surface area contributed by atoms with Crippen LogP contribution in [0.1, 0.15) is 0 Å². The Morgan fingerprint density at radius 2 is 1.80 bits per heavy atom. The molecule has 0 aliphatic carbocycles. The molecule has 0 aliphatic heterocycles. The number of nitrogens with zero attached hydrogens (tertiary/aromatic N) is 4. The first kappa shape index (κ1) is 8.05. The maximum Gasteiger partial charge on any atom is 0.220 e. The second kappa shape index (κ2) is 2.84. The van der Waals surface area contributed by atoms with E-state index in [1.807, 2.05) is 12.1 Å². The normalized spacial score (nSPS) is 10.9. The highest BCUT2D eigenvalue weighted by atomic mass is 15.0. The van der Waals surface area contributed by atoms with Crippen molar-refractivity contribution in [3.8, 4) is 0 Å². The van der Waals surface area contributed by atoms with Crippen molar-refractivity contribution in [2.75, 3.05) is 5.73 Å². The van der Waals surface area contributed by atoms with Crippen LogP contribution in [0.15, 0.2) is 30.7 Å². The molecule has 0 radical (unpaired) electrons. The summed E-state index contributed by atoms with van der Waals surface area (Å²) in [6, 6.07) is 3.80. The molecule has 0 unspecified atom stereocenters. The van der Waals surface area contributed by atoms with Crippen LogP contribution >= 0.6 is 0 Å². The van der Waals surface area contributed by atoms with Crippen LogP contribution in [-0.4, -0.2) is 19.9 Å². The Morgan fingerprint density at radius 3 is 2.73 bits per heavy atom. The van der Waals surface area contributed by atoms with Gasteiger partial charge in [-0.15, -0.1) is 0 Å². The smallest absolute Gasteiger partial charge is 0.220 e. The predicted octanol–water partition coefficient (Wildman–Crippen LogP) is 1.16. The molecule has 3 aromatic rings. The van der Waals surface area contributed by atoms with Gasteiger partial charge in [0.1, 0.15) is 11.0 Å². The van der Waals surface area contributed by atoms with E-state index < -0.39 is 0 Å². The highest BCUT2D eigenvalue weighted by Crippen LogP contribution is 2.19. The molecule has 2 aromatic heterocycles. The van der Waals surface area contributed by atoms with E-state index in [1.54, 1.807) is 18.6 Å². The Bertz CT molecular complexity index is 649. The molecule has 0 saturated carbocycles. The maximum absolute atomic E-state index is 5.54. The number of aromatic nitrogens is 4. The first-order valence-electron chi connectivity index (χ1n) is 4.46. The van der Waals surface area contributed by atoms with Gasteiger partial charge in [0.25, 0.3) is 0 Å². The average Bonchev–Trinajstić information content (AvgIpc) is 2.29. The van der Waals surface area contributed by atoms with Gasteiger partial charge in [-0.1, -0.05) is 0 Å². The van der Waals surface area contributed by atoms with Crippen LogP contribution in [0.5, 0.6) is 0 Å². The quantitative estimate of drug-likeness (QED) is 0.547. The molecular formula is C10H7N5. The van der Waals surface area contributed by atoms with Gasteiger partial charge >= 0.3 is 0 Å². The van der Waals surface area contributed by atoms with Crippen LogP contribution < -0.4 is 5.73 Å². The topological polar surface area (TPSA) is 77.6 Å². The summed E-state index contributed by atoms with van der Waals surface area (Å²) in [5.74, 6) is 0.251. The largest absolute Gasteiger partial charge is 0.368 e. The summed E-state index contributed by atoms with van der Waals surface area (Å²) < 4.78 is 0. The Balaban J connectivity index is 2.57. The molecule has 2 N–H and O–H groups in total. The van der Waals surface area contributed by atoms with E-state index in [0.717, 1.165) is 21.9 Å². The Kier molecular flexibility index (Phi) is 1.53. The summed E-state index contributed by atoms with van der Waals surface area (Å²) in [6.45, 7) is 0. The van der Waals surface area contributed by atoms with Gasteiger partial charge in [-0.3, -0.25) is 9.97 Å². The number of hydrogen-bond donors (Lipinski definition) is 1. The van der Waals surface area contributed by atoms with E-state index in [0.29, 0.717) is 0 Å². The van der Waals surface area contributed by atoms with Crippen molar-refractivity contribution in [2.24, 2.45) is 0 Å². The van der Waals surface area contributed by atoms with Crippen LogP contribution in [0.4, 0.5) is 5.95 Å². The second-order valence-corrected chi connectivity index (χ2v) is 3.16. The van der Waals surface area contributed by atoms with Gasteiger partial charge in [0.15, 0.2) is 0 Å². The van der Waals surface area contributed by atoms with E-state index in [4.69, 9.17) is 5.73 Å². The summed E-state index contributed by atoms with van der Waals surface area (Å²) in [7, 11) is 0. The van der Waals surface area contributed by atoms with Crippen LogP contribution in [0.25, 0.3) is 21.9 Å². The number of benzene rings is 1. The molecule has 0 spiro atoms. The number of nitrogen functional groups attached to an aromatic ring is 1. The molecule has 15 heavy (non-hydrogen) atoms. The SMILES string of the molecule is Nc1ncc2ccc3nccnc3c2n1. The van der Waals surface area contributed by atoms with Crippen molar-refractivity contribution >= 4 is 27.9 Å². The van der Waals surface area contributed by atoms with Crippen molar-refractivity contribution in [3.63, 3.8) is 0 Å². The lowest BCUT2D eigenvalue weighted by Gasteiger charge is -2.00. The molecule has 3 rings (SSSR count). The fraction of sp³-hybridized carbons (Fsp3) is 0. The third-order valence-electron chi connectivity index (χ3n) is 2.21. The third kappa shape index (κ3) is 1.17. The Labute approximate surface area is 85.0 Å². The molecule has 0 saturated heterocycles. The summed E-state index contributed by atoms with van der Waals surface area (Å²) in [5, 5.41) is 0.914. The van der Waals surface area contributed by atoms with Gasteiger partial charge in [-0.05, 0) is 12.1 Å². The van der Waals surface area contributed by atoms with E-state index in [2.05, 4.69) is 19.9 Å². The molecule has 0 aliphatic rings. The van der Waals surface area contributed by atoms with E-state index in [1.165, 1.54) is 0 Å². The van der Waals surface area contributed by atoms with Gasteiger partial charge < -0.3 is 5.73 Å². The first-order chi connectivity index (χ1) is 7.34. The average molecular weight is 197 g/mol. The van der Waals surface area contributed by atoms with Crippen LogP contribution in [0.3, 0.4) is 0 Å². The molecule has 0 fully saturated rings. The van der Waals surface area contributed by atoms with Crippen molar-refractivity contribution in [1.29, 1.82) is 0 Å². The summed E-state index contributed by atoms with van der Waals surface area (Å²) in [4.78, 5) is 16.5. The minimum absolute atomic E-state index is 0.251. The maximum atomic E-state index is 5.54. The molecule has 72 valence electrons. The molecule has 1 aromatic carbocycles. The first-order valence-corrected chi connectivity index (χ1v) is 4.46. The fourth-order valence-corrected chi connectivity index (χ4v) is 1.54. The van der Waals surface area contributed by atoms with Crippen molar-refractivity contribution < 1.29 is 0 Å². The Hall–Kier alpha value is -2.30. The Morgan fingerprint density at radius 1 is 0.933 bits per heavy atom. The molecule has 0 amide bonds. The van der Waals surface area contributed by atoms with Crippen molar-refractivity contribution in [2.45, 2.75) is 0 Å². The van der Waals surface area contributed by atoms with Crippen molar-refractivity contribution in [3.05, 3.63) is 30.7 Å². The molecular weight excluding hydrogens is 190 g/mol. The predicted molar refractivity (Wildman–Crippen MR) is 57.0 cm³/mol. The minimum Gasteiger partial charge on any atom is -0.368 e. The summed E-state index contributed by atoms with van der Waals surface area (Å²) >= 11 is 0. The summed E-state index contributed by atoms with van der Waals surface area (Å²) in [5.41, 5.74) is 7.85. The minimum atomic E-state index is 0.251. The van der Waals surface area contributed by atoms with Gasteiger partial charge in [0.2, 0.25) is 5.95 Å². The van der Waals surface area contributed by atoms with Crippen LogP contribution in [0, 0.1) is 0 Å². The zero-order valence-electron chi connectivity index (χ0n) is 7.75. The highest BCUT2D eigenvalue weighted by Gasteiger charge is 2.03. The number of anilines is 1. The lowest BCUT2D eigenvalue weighted by atomic mass is 10.2. The van der Waals surface area contributed by atoms with Crippen molar-refractivity contribution in [1.82, 2.24) is 19.9 Å². The number of nitrogens with two attached hydrogens (primary N) is 1. The number of hydrogen-bond acceptors (Lipinski definition) is 5. The van der Waals surface area contributed by atoms with Gasteiger partial charge in [-0.25, -0.2) is 9.97 Å². The molecule has 5 heteroatoms. The van der Waals surface area contributed by atoms with E-state index in [-0.39, 0.29) is 5.95 Å². The third-order valence-corrected chi connectivity index (χ3v) is 2.21. The highest BCUT2D eigenvalue weighted by molar-refractivity contribution is 6.00. The molecule has 2 heterocycles. The zero-order chi connectivity index (χ0) is 10.3. The van der Waals surface area contributed by atoms with Crippen LogP contribution in [0.2, 0.25) is 0 Å². The monoisotopic (exact) mass is 197 g/mol. The molecule has 0 bridgehead atoms.